The predicted octanol–water partition coefficient (Wildman–Crippen LogP) is 4.58. The minimum absolute atomic E-state index is 0.0132. The molecular weight excluding hydrogens is 364 g/mol. The first kappa shape index (κ1) is 16.8. The minimum Gasteiger partial charge on any atom is -0.481 e. The van der Waals surface area contributed by atoms with Gasteiger partial charge in [0.05, 0.1) is 5.75 Å². The van der Waals surface area contributed by atoms with Gasteiger partial charge in [-0.2, -0.15) is 0 Å². The van der Waals surface area contributed by atoms with E-state index in [0.29, 0.717) is 5.56 Å². The Hall–Kier alpha value is -1.59. The Labute approximate surface area is 141 Å². The first-order valence-electron chi connectivity index (χ1n) is 6.73. The number of aliphatic carboxylic acids is 1. The zero-order chi connectivity index (χ0) is 15.9. The van der Waals surface area contributed by atoms with Crippen LogP contribution < -0.4 is 0 Å². The Balaban J connectivity index is 2.13. The number of Topliss-reactive ketones (excluding diaryl/α,β-unsaturated/α-hetero) is 1. The van der Waals surface area contributed by atoms with Crippen LogP contribution in [0.15, 0.2) is 59.1 Å². The number of carbonyl (C=O) groups is 2. The molecule has 0 aliphatic carbocycles. The molecule has 2 aromatic carbocycles. The number of hydrogen-bond donors (Lipinski definition) is 1. The molecule has 0 aliphatic heterocycles. The van der Waals surface area contributed by atoms with Crippen molar-refractivity contribution in [1.82, 2.24) is 0 Å². The predicted molar refractivity (Wildman–Crippen MR) is 92.4 cm³/mol. The van der Waals surface area contributed by atoms with Gasteiger partial charge in [0.1, 0.15) is 0 Å². The number of ketones is 1. The third-order valence-corrected chi connectivity index (χ3v) is 4.90. The second-order valence-corrected chi connectivity index (χ2v) is 6.84. The summed E-state index contributed by atoms with van der Waals surface area (Å²) in [6.45, 7) is 0. The maximum Gasteiger partial charge on any atom is 0.313 e. The van der Waals surface area contributed by atoms with E-state index in [2.05, 4.69) is 15.9 Å². The molecule has 0 aromatic heterocycles. The molecule has 0 amide bonds. The molecule has 0 fully saturated rings. The van der Waals surface area contributed by atoms with E-state index in [1.54, 1.807) is 12.1 Å². The molecule has 0 aliphatic rings. The third kappa shape index (κ3) is 5.00. The lowest BCUT2D eigenvalue weighted by molar-refractivity contribution is -0.133. The lowest BCUT2D eigenvalue weighted by Crippen LogP contribution is -2.08. The van der Waals surface area contributed by atoms with Gasteiger partial charge < -0.3 is 5.11 Å². The Morgan fingerprint density at radius 2 is 1.68 bits per heavy atom. The Kier molecular flexibility index (Phi) is 6.21. The molecule has 22 heavy (non-hydrogen) atoms. The van der Waals surface area contributed by atoms with Gasteiger partial charge in [-0.05, 0) is 17.7 Å². The molecule has 114 valence electrons. The average molecular weight is 379 g/mol. The van der Waals surface area contributed by atoms with Crippen LogP contribution in [0, 0.1) is 0 Å². The zero-order valence-corrected chi connectivity index (χ0v) is 14.1. The number of benzene rings is 2. The zero-order valence-electron chi connectivity index (χ0n) is 11.7. The van der Waals surface area contributed by atoms with Crippen molar-refractivity contribution in [3.8, 4) is 0 Å². The maximum absolute atomic E-state index is 12.4. The molecule has 0 saturated heterocycles. The smallest absolute Gasteiger partial charge is 0.313 e. The fraction of sp³-hybridized carbons (Fsp3) is 0.176. The summed E-state index contributed by atoms with van der Waals surface area (Å²) < 4.78 is 0.920. The largest absolute Gasteiger partial charge is 0.481 e. The SMILES string of the molecule is O=C(O)CS[C@@H](CC(=O)c1ccc(Br)cc1)c1ccccc1. The van der Waals surface area contributed by atoms with Crippen LogP contribution in [-0.4, -0.2) is 22.6 Å². The Morgan fingerprint density at radius 3 is 2.27 bits per heavy atom. The van der Waals surface area contributed by atoms with Crippen LogP contribution in [0.1, 0.15) is 27.6 Å². The van der Waals surface area contributed by atoms with Crippen molar-refractivity contribution in [3.05, 3.63) is 70.2 Å². The van der Waals surface area contributed by atoms with Crippen molar-refractivity contribution in [2.45, 2.75) is 11.7 Å². The van der Waals surface area contributed by atoms with E-state index >= 15 is 0 Å². The maximum atomic E-state index is 12.4. The van der Waals surface area contributed by atoms with Gasteiger partial charge >= 0.3 is 5.97 Å². The number of halogens is 1. The first-order chi connectivity index (χ1) is 10.6. The normalized spacial score (nSPS) is 11.9. The van der Waals surface area contributed by atoms with Crippen molar-refractivity contribution in [2.24, 2.45) is 0 Å². The summed E-state index contributed by atoms with van der Waals surface area (Å²) in [5.41, 5.74) is 1.61. The summed E-state index contributed by atoms with van der Waals surface area (Å²) >= 11 is 4.62. The van der Waals surface area contributed by atoms with Crippen LogP contribution in [0.2, 0.25) is 0 Å². The fourth-order valence-corrected chi connectivity index (χ4v) is 3.26. The second kappa shape index (κ2) is 8.15. The standard InChI is InChI=1S/C17H15BrO3S/c18-14-8-6-12(7-9-14)15(19)10-16(22-11-17(20)21)13-4-2-1-3-5-13/h1-9,16H,10-11H2,(H,20,21)/t16-/m0/s1. The quantitative estimate of drug-likeness (QED) is 0.716. The van der Waals surface area contributed by atoms with Crippen LogP contribution in [0.25, 0.3) is 0 Å². The summed E-state index contributed by atoms with van der Waals surface area (Å²) in [5.74, 6) is -0.881. The lowest BCUT2D eigenvalue weighted by Gasteiger charge is -2.15. The van der Waals surface area contributed by atoms with Crippen molar-refractivity contribution < 1.29 is 14.7 Å². The highest BCUT2D eigenvalue weighted by atomic mass is 79.9. The molecule has 2 aromatic rings. The van der Waals surface area contributed by atoms with Crippen LogP contribution in [0.5, 0.6) is 0 Å². The molecule has 0 bridgehead atoms. The van der Waals surface area contributed by atoms with Gasteiger partial charge in [-0.25, -0.2) is 0 Å². The highest BCUT2D eigenvalue weighted by Gasteiger charge is 2.18. The molecule has 2 rings (SSSR count). The number of rotatable bonds is 7. The highest BCUT2D eigenvalue weighted by Crippen LogP contribution is 2.33. The summed E-state index contributed by atoms with van der Waals surface area (Å²) in [5, 5.41) is 8.72. The first-order valence-corrected chi connectivity index (χ1v) is 8.57. The van der Waals surface area contributed by atoms with Crippen molar-refractivity contribution in [1.29, 1.82) is 0 Å². The summed E-state index contributed by atoms with van der Waals surface area (Å²) in [4.78, 5) is 23.2. The van der Waals surface area contributed by atoms with Crippen molar-refractivity contribution in [2.75, 3.05) is 5.75 Å². The van der Waals surface area contributed by atoms with E-state index in [1.807, 2.05) is 42.5 Å². The van der Waals surface area contributed by atoms with Gasteiger partial charge in [0.15, 0.2) is 5.78 Å². The summed E-state index contributed by atoms with van der Waals surface area (Å²) in [6, 6.07) is 16.8. The van der Waals surface area contributed by atoms with E-state index in [1.165, 1.54) is 11.8 Å². The van der Waals surface area contributed by atoms with E-state index in [0.717, 1.165) is 10.0 Å². The molecule has 0 heterocycles. The van der Waals surface area contributed by atoms with Gasteiger partial charge in [-0.15, -0.1) is 11.8 Å². The molecular formula is C17H15BrO3S. The van der Waals surface area contributed by atoms with Gasteiger partial charge in [0.2, 0.25) is 0 Å². The van der Waals surface area contributed by atoms with E-state index in [9.17, 15) is 9.59 Å². The molecule has 1 N–H and O–H groups in total. The minimum atomic E-state index is -0.873. The molecule has 0 unspecified atom stereocenters. The van der Waals surface area contributed by atoms with Crippen LogP contribution >= 0.6 is 27.7 Å². The Bertz CT molecular complexity index is 641. The van der Waals surface area contributed by atoms with Crippen LogP contribution in [0.4, 0.5) is 0 Å². The van der Waals surface area contributed by atoms with E-state index < -0.39 is 5.97 Å². The lowest BCUT2D eigenvalue weighted by atomic mass is 10.0. The van der Waals surface area contributed by atoms with Crippen molar-refractivity contribution >= 4 is 39.4 Å². The van der Waals surface area contributed by atoms with Gasteiger partial charge in [-0.3, -0.25) is 9.59 Å². The Morgan fingerprint density at radius 1 is 1.05 bits per heavy atom. The summed E-state index contributed by atoms with van der Waals surface area (Å²) in [7, 11) is 0. The average Bonchev–Trinajstić information content (AvgIpc) is 2.52. The van der Waals surface area contributed by atoms with E-state index in [4.69, 9.17) is 5.11 Å². The summed E-state index contributed by atoms with van der Waals surface area (Å²) in [6.07, 6.45) is 0.281. The van der Waals surface area contributed by atoms with Gasteiger partial charge in [0, 0.05) is 21.7 Å². The fourth-order valence-electron chi connectivity index (χ4n) is 2.03. The molecule has 1 atom stereocenters. The molecule has 5 heteroatoms. The number of carboxylic acids is 1. The number of carbonyl (C=O) groups excluding carboxylic acids is 1. The van der Waals surface area contributed by atoms with E-state index in [-0.39, 0.29) is 23.2 Å². The molecule has 3 nitrogen and oxygen atoms in total. The number of hydrogen-bond acceptors (Lipinski definition) is 3. The second-order valence-electron chi connectivity index (χ2n) is 4.74. The number of carboxylic acid groups (broad SMARTS) is 1. The molecule has 0 saturated carbocycles. The van der Waals surface area contributed by atoms with Crippen LogP contribution in [-0.2, 0) is 4.79 Å². The third-order valence-electron chi connectivity index (χ3n) is 3.12. The van der Waals surface area contributed by atoms with Crippen molar-refractivity contribution in [3.63, 3.8) is 0 Å². The molecule has 0 radical (unpaired) electrons. The monoisotopic (exact) mass is 378 g/mol. The highest BCUT2D eigenvalue weighted by molar-refractivity contribution is 9.10. The van der Waals surface area contributed by atoms with Crippen LogP contribution in [0.3, 0.4) is 0 Å². The number of thioether (sulfide) groups is 1. The van der Waals surface area contributed by atoms with Gasteiger partial charge in [-0.1, -0.05) is 58.4 Å². The van der Waals surface area contributed by atoms with Gasteiger partial charge in [0.25, 0.3) is 0 Å². The molecule has 0 spiro atoms. The topological polar surface area (TPSA) is 54.4 Å².